The largest absolute Gasteiger partial charge is 0.476 e. The molecule has 0 aliphatic heterocycles. The van der Waals surface area contributed by atoms with Crippen molar-refractivity contribution in [2.24, 2.45) is 0 Å². The molecule has 0 bridgehead atoms. The summed E-state index contributed by atoms with van der Waals surface area (Å²) in [6.07, 6.45) is 3.60. The summed E-state index contributed by atoms with van der Waals surface area (Å²) in [5, 5.41) is 12.8. The minimum atomic E-state index is -0.925. The number of carboxylic acid groups (broad SMARTS) is 1. The van der Waals surface area contributed by atoms with Crippen LogP contribution in [-0.2, 0) is 0 Å². The molecule has 2 rings (SSSR count). The van der Waals surface area contributed by atoms with E-state index in [1.54, 1.807) is 4.68 Å². The molecule has 12 heavy (non-hydrogen) atoms. The first-order valence-corrected chi connectivity index (χ1v) is 4.45. The van der Waals surface area contributed by atoms with Crippen LogP contribution in [0.5, 0.6) is 0 Å². The number of rotatable bonds is 2. The summed E-state index contributed by atoms with van der Waals surface area (Å²) in [6, 6.07) is 0.308. The molecular weight excluding hydrogens is 224 g/mol. The number of carbonyl (C=O) groups is 1. The second-order valence-corrected chi connectivity index (χ2v) is 3.68. The molecule has 1 aliphatic carbocycles. The summed E-state index contributed by atoms with van der Waals surface area (Å²) in [4.78, 5) is 10.7. The highest BCUT2D eigenvalue weighted by Crippen LogP contribution is 2.36. The summed E-state index contributed by atoms with van der Waals surface area (Å²) in [5.41, 5.74) is 0.262. The van der Waals surface area contributed by atoms with E-state index in [4.69, 9.17) is 5.11 Å². The van der Waals surface area contributed by atoms with Gasteiger partial charge in [0.15, 0.2) is 5.69 Å². The summed E-state index contributed by atoms with van der Waals surface area (Å²) >= 11 is 3.15. The third kappa shape index (κ3) is 1.14. The van der Waals surface area contributed by atoms with Crippen molar-refractivity contribution in [3.63, 3.8) is 0 Å². The second kappa shape index (κ2) is 2.58. The second-order valence-electron chi connectivity index (χ2n) is 2.82. The van der Waals surface area contributed by atoms with Gasteiger partial charge in [0.05, 0.1) is 16.7 Å². The van der Waals surface area contributed by atoms with E-state index < -0.39 is 5.97 Å². The normalized spacial score (nSPS) is 16.4. The average molecular weight is 231 g/mol. The van der Waals surface area contributed by atoms with Crippen molar-refractivity contribution < 1.29 is 9.90 Å². The van der Waals surface area contributed by atoms with Crippen molar-refractivity contribution in [2.75, 3.05) is 0 Å². The first kappa shape index (κ1) is 7.79. The van der Waals surface area contributed by atoms with Gasteiger partial charge in [0.2, 0.25) is 0 Å². The van der Waals surface area contributed by atoms with Gasteiger partial charge in [-0.3, -0.25) is 4.68 Å². The van der Waals surface area contributed by atoms with Gasteiger partial charge >= 0.3 is 5.97 Å². The van der Waals surface area contributed by atoms with Crippen molar-refractivity contribution in [1.29, 1.82) is 0 Å². The number of carboxylic acids is 1. The van der Waals surface area contributed by atoms with Gasteiger partial charge in [-0.25, -0.2) is 4.79 Å². The van der Waals surface area contributed by atoms with Crippen LogP contribution in [0.25, 0.3) is 0 Å². The third-order valence-electron chi connectivity index (χ3n) is 1.85. The zero-order valence-corrected chi connectivity index (χ0v) is 7.78. The molecular formula is C7H7BrN2O2. The van der Waals surface area contributed by atoms with Gasteiger partial charge in [0, 0.05) is 0 Å². The van der Waals surface area contributed by atoms with Crippen LogP contribution in [0, 0.1) is 0 Å². The first-order valence-electron chi connectivity index (χ1n) is 3.66. The Morgan fingerprint density at radius 2 is 2.42 bits per heavy atom. The maximum Gasteiger partial charge on any atom is 0.355 e. The van der Waals surface area contributed by atoms with Crippen LogP contribution in [0.2, 0.25) is 0 Å². The lowest BCUT2D eigenvalue weighted by Crippen LogP contribution is -2.08. The smallest absolute Gasteiger partial charge is 0.355 e. The highest BCUT2D eigenvalue weighted by molar-refractivity contribution is 9.10. The summed E-state index contributed by atoms with van der Waals surface area (Å²) in [7, 11) is 0. The Bertz CT molecular complexity index is 330. The molecule has 0 amide bonds. The van der Waals surface area contributed by atoms with E-state index in [9.17, 15) is 4.79 Å². The van der Waals surface area contributed by atoms with E-state index in [0.29, 0.717) is 10.5 Å². The van der Waals surface area contributed by atoms with E-state index in [1.807, 2.05) is 0 Å². The molecule has 0 aromatic carbocycles. The quantitative estimate of drug-likeness (QED) is 0.842. The topological polar surface area (TPSA) is 55.1 Å². The number of hydrogen-bond acceptors (Lipinski definition) is 2. The highest BCUT2D eigenvalue weighted by Gasteiger charge is 2.29. The standard InChI is InChI=1S/C7H7BrN2O2/c8-5-3-9-10(4-1-2-4)6(5)7(11)12/h3-4H,1-2H2,(H,11,12). The number of halogens is 1. The molecule has 0 unspecified atom stereocenters. The maximum absolute atomic E-state index is 10.7. The van der Waals surface area contributed by atoms with Crippen molar-refractivity contribution in [3.05, 3.63) is 16.4 Å². The van der Waals surface area contributed by atoms with Gasteiger partial charge in [-0.05, 0) is 28.8 Å². The van der Waals surface area contributed by atoms with Crippen LogP contribution in [0.4, 0.5) is 0 Å². The Kier molecular flexibility index (Phi) is 1.68. The van der Waals surface area contributed by atoms with Crippen LogP contribution in [0.3, 0.4) is 0 Å². The van der Waals surface area contributed by atoms with Gasteiger partial charge in [-0.15, -0.1) is 0 Å². The van der Waals surface area contributed by atoms with E-state index in [2.05, 4.69) is 21.0 Å². The van der Waals surface area contributed by atoms with E-state index in [-0.39, 0.29) is 5.69 Å². The molecule has 1 aliphatic rings. The average Bonchev–Trinajstić information content (AvgIpc) is 2.75. The first-order chi connectivity index (χ1) is 5.70. The Morgan fingerprint density at radius 1 is 1.75 bits per heavy atom. The predicted octanol–water partition coefficient (Wildman–Crippen LogP) is 1.68. The molecule has 1 aromatic rings. The molecule has 1 N–H and O–H groups in total. The lowest BCUT2D eigenvalue weighted by atomic mass is 10.4. The van der Waals surface area contributed by atoms with Crippen molar-refractivity contribution in [1.82, 2.24) is 9.78 Å². The fourth-order valence-electron chi connectivity index (χ4n) is 1.14. The summed E-state index contributed by atoms with van der Waals surface area (Å²) in [6.45, 7) is 0. The van der Waals surface area contributed by atoms with Crippen molar-refractivity contribution in [2.45, 2.75) is 18.9 Å². The van der Waals surface area contributed by atoms with Crippen molar-refractivity contribution in [3.8, 4) is 0 Å². The predicted molar refractivity (Wildman–Crippen MR) is 45.2 cm³/mol. The van der Waals surface area contributed by atoms with Crippen LogP contribution in [0.15, 0.2) is 10.7 Å². The molecule has 0 spiro atoms. The molecule has 1 fully saturated rings. The Balaban J connectivity index is 2.46. The van der Waals surface area contributed by atoms with Crippen molar-refractivity contribution >= 4 is 21.9 Å². The van der Waals surface area contributed by atoms with Gasteiger partial charge in [0.25, 0.3) is 0 Å². The number of hydrogen-bond donors (Lipinski definition) is 1. The zero-order chi connectivity index (χ0) is 8.72. The molecule has 64 valence electrons. The molecule has 4 nitrogen and oxygen atoms in total. The van der Waals surface area contributed by atoms with Crippen LogP contribution >= 0.6 is 15.9 Å². The maximum atomic E-state index is 10.7. The van der Waals surface area contributed by atoms with Gasteiger partial charge in [0.1, 0.15) is 0 Å². The third-order valence-corrected chi connectivity index (χ3v) is 2.43. The lowest BCUT2D eigenvalue weighted by Gasteiger charge is -2.00. The van der Waals surface area contributed by atoms with Gasteiger partial charge < -0.3 is 5.11 Å². The zero-order valence-electron chi connectivity index (χ0n) is 6.20. The minimum absolute atomic E-state index is 0.262. The van der Waals surface area contributed by atoms with Crippen LogP contribution < -0.4 is 0 Å². The molecule has 1 saturated carbocycles. The molecule has 0 saturated heterocycles. The van der Waals surface area contributed by atoms with Gasteiger partial charge in [-0.1, -0.05) is 0 Å². The monoisotopic (exact) mass is 230 g/mol. The SMILES string of the molecule is O=C(O)c1c(Br)cnn1C1CC1. The van der Waals surface area contributed by atoms with Crippen LogP contribution in [0.1, 0.15) is 29.4 Å². The number of aromatic nitrogens is 2. The van der Waals surface area contributed by atoms with Gasteiger partial charge in [-0.2, -0.15) is 5.10 Å². The molecule has 0 atom stereocenters. The lowest BCUT2D eigenvalue weighted by molar-refractivity contribution is 0.0682. The Labute approximate surface area is 77.3 Å². The van der Waals surface area contributed by atoms with Crippen LogP contribution in [-0.4, -0.2) is 20.9 Å². The number of aromatic carboxylic acids is 1. The molecule has 1 heterocycles. The van der Waals surface area contributed by atoms with E-state index in [0.717, 1.165) is 12.8 Å². The summed E-state index contributed by atoms with van der Waals surface area (Å²) in [5.74, 6) is -0.925. The van der Waals surface area contributed by atoms with E-state index >= 15 is 0 Å². The molecule has 5 heteroatoms. The Hall–Kier alpha value is -0.840. The number of nitrogens with zero attached hydrogens (tertiary/aromatic N) is 2. The highest BCUT2D eigenvalue weighted by atomic mass is 79.9. The summed E-state index contributed by atoms with van der Waals surface area (Å²) < 4.78 is 2.13. The Morgan fingerprint density at radius 3 is 2.92 bits per heavy atom. The fraction of sp³-hybridized carbons (Fsp3) is 0.429. The molecule has 1 aromatic heterocycles. The van der Waals surface area contributed by atoms with E-state index in [1.165, 1.54) is 6.20 Å². The minimum Gasteiger partial charge on any atom is -0.476 e. The fourth-order valence-corrected chi connectivity index (χ4v) is 1.58. The molecule has 0 radical (unpaired) electrons.